The summed E-state index contributed by atoms with van der Waals surface area (Å²) in [7, 11) is 1.57. The Labute approximate surface area is 177 Å². The second-order valence-corrected chi connectivity index (χ2v) is 7.22. The minimum absolute atomic E-state index is 0.208. The Kier molecular flexibility index (Phi) is 5.76. The van der Waals surface area contributed by atoms with E-state index in [1.165, 1.54) is 0 Å². The zero-order valence-corrected chi connectivity index (χ0v) is 17.3. The van der Waals surface area contributed by atoms with E-state index in [0.29, 0.717) is 35.4 Å². The van der Waals surface area contributed by atoms with Crippen molar-refractivity contribution in [3.05, 3.63) is 71.6 Å². The van der Waals surface area contributed by atoms with E-state index in [4.69, 9.17) is 9.47 Å². The van der Waals surface area contributed by atoms with Crippen LogP contribution in [0.4, 0.5) is 5.69 Å². The summed E-state index contributed by atoms with van der Waals surface area (Å²) in [5, 5.41) is 9.36. The number of nitrogens with one attached hydrogen (secondary N) is 1. The van der Waals surface area contributed by atoms with Crippen LogP contribution in [0.1, 0.15) is 17.3 Å². The SMILES string of the molecule is CCOc1nc(-c2cccs2)n(-c2ccc(NC(=O)c3cccc(OC)c3)cc2)n1. The minimum Gasteiger partial charge on any atom is -0.497 e. The molecule has 8 heteroatoms. The quantitative estimate of drug-likeness (QED) is 0.471. The van der Waals surface area contributed by atoms with Crippen molar-refractivity contribution in [3.8, 4) is 28.1 Å². The van der Waals surface area contributed by atoms with Gasteiger partial charge in [0.25, 0.3) is 5.91 Å². The maximum absolute atomic E-state index is 12.5. The molecule has 0 fully saturated rings. The molecule has 0 radical (unpaired) electrons. The lowest BCUT2D eigenvalue weighted by atomic mass is 10.2. The van der Waals surface area contributed by atoms with Crippen LogP contribution >= 0.6 is 11.3 Å². The van der Waals surface area contributed by atoms with Crippen molar-refractivity contribution in [2.45, 2.75) is 6.92 Å². The van der Waals surface area contributed by atoms with Crippen LogP contribution in [0.3, 0.4) is 0 Å². The average Bonchev–Trinajstić information content (AvgIpc) is 3.44. The van der Waals surface area contributed by atoms with Gasteiger partial charge in [-0.3, -0.25) is 4.79 Å². The number of methoxy groups -OCH3 is 1. The fourth-order valence-electron chi connectivity index (χ4n) is 2.88. The van der Waals surface area contributed by atoms with E-state index >= 15 is 0 Å². The molecule has 0 aliphatic rings. The smallest absolute Gasteiger partial charge is 0.336 e. The number of carbonyl (C=O) groups is 1. The van der Waals surface area contributed by atoms with Crippen molar-refractivity contribution >= 4 is 22.9 Å². The first-order valence-electron chi connectivity index (χ1n) is 9.37. The third-order valence-electron chi connectivity index (χ3n) is 4.30. The highest BCUT2D eigenvalue weighted by molar-refractivity contribution is 7.13. The fourth-order valence-corrected chi connectivity index (χ4v) is 3.58. The first kappa shape index (κ1) is 19.7. The molecule has 0 aliphatic heterocycles. The summed E-state index contributed by atoms with van der Waals surface area (Å²) in [4.78, 5) is 18.0. The van der Waals surface area contributed by atoms with Crippen LogP contribution in [0, 0.1) is 0 Å². The van der Waals surface area contributed by atoms with E-state index in [9.17, 15) is 4.79 Å². The van der Waals surface area contributed by atoms with Gasteiger partial charge in [0, 0.05) is 11.3 Å². The van der Waals surface area contributed by atoms with Gasteiger partial charge in [0.05, 0.1) is 24.3 Å². The van der Waals surface area contributed by atoms with Crippen LogP contribution in [-0.4, -0.2) is 34.4 Å². The first-order valence-corrected chi connectivity index (χ1v) is 10.3. The molecule has 1 amide bonds. The summed E-state index contributed by atoms with van der Waals surface area (Å²) in [5.74, 6) is 1.14. The van der Waals surface area contributed by atoms with E-state index in [0.717, 1.165) is 10.6 Å². The number of anilines is 1. The Hall–Kier alpha value is -3.65. The molecule has 152 valence electrons. The van der Waals surface area contributed by atoms with Gasteiger partial charge in [0.1, 0.15) is 5.75 Å². The zero-order valence-electron chi connectivity index (χ0n) is 16.5. The van der Waals surface area contributed by atoms with Crippen LogP contribution in [-0.2, 0) is 0 Å². The number of rotatable bonds is 7. The molecule has 7 nitrogen and oxygen atoms in total. The average molecular weight is 420 g/mol. The maximum Gasteiger partial charge on any atom is 0.336 e. The van der Waals surface area contributed by atoms with Crippen LogP contribution in [0.2, 0.25) is 0 Å². The van der Waals surface area contributed by atoms with Gasteiger partial charge in [-0.25, -0.2) is 4.68 Å². The number of benzene rings is 2. The number of amides is 1. The maximum atomic E-state index is 12.5. The highest BCUT2D eigenvalue weighted by Gasteiger charge is 2.15. The number of thiophene rings is 1. The summed E-state index contributed by atoms with van der Waals surface area (Å²) in [6.07, 6.45) is 0. The largest absolute Gasteiger partial charge is 0.497 e. The minimum atomic E-state index is -0.208. The molecule has 4 aromatic rings. The van der Waals surface area contributed by atoms with Gasteiger partial charge in [-0.1, -0.05) is 12.1 Å². The van der Waals surface area contributed by atoms with Gasteiger partial charge in [0.15, 0.2) is 5.82 Å². The zero-order chi connectivity index (χ0) is 20.9. The van der Waals surface area contributed by atoms with Gasteiger partial charge < -0.3 is 14.8 Å². The number of hydrogen-bond acceptors (Lipinski definition) is 6. The van der Waals surface area contributed by atoms with Crippen molar-refractivity contribution in [1.29, 1.82) is 0 Å². The Morgan fingerprint density at radius 1 is 1.13 bits per heavy atom. The van der Waals surface area contributed by atoms with Crippen LogP contribution in [0.5, 0.6) is 11.8 Å². The van der Waals surface area contributed by atoms with E-state index in [-0.39, 0.29) is 5.91 Å². The summed E-state index contributed by atoms with van der Waals surface area (Å²) in [6.45, 7) is 2.38. The van der Waals surface area contributed by atoms with Crippen LogP contribution in [0.15, 0.2) is 66.0 Å². The topological polar surface area (TPSA) is 78.3 Å². The lowest BCUT2D eigenvalue weighted by molar-refractivity contribution is 0.102. The Bertz CT molecular complexity index is 1140. The molecule has 0 aliphatic carbocycles. The molecule has 2 aromatic carbocycles. The van der Waals surface area contributed by atoms with Gasteiger partial charge in [-0.15, -0.1) is 16.4 Å². The van der Waals surface area contributed by atoms with E-state index in [1.54, 1.807) is 47.4 Å². The molecule has 0 atom stereocenters. The Morgan fingerprint density at radius 2 is 1.97 bits per heavy atom. The normalized spacial score (nSPS) is 10.6. The number of nitrogens with zero attached hydrogens (tertiary/aromatic N) is 3. The summed E-state index contributed by atoms with van der Waals surface area (Å²) >= 11 is 1.58. The van der Waals surface area contributed by atoms with Gasteiger partial charge in [-0.2, -0.15) is 4.98 Å². The molecule has 2 heterocycles. The molecule has 30 heavy (non-hydrogen) atoms. The predicted octanol–water partition coefficient (Wildman–Crippen LogP) is 4.66. The first-order chi connectivity index (χ1) is 14.7. The van der Waals surface area contributed by atoms with Crippen molar-refractivity contribution < 1.29 is 14.3 Å². The van der Waals surface area contributed by atoms with Gasteiger partial charge in [0.2, 0.25) is 0 Å². The molecule has 1 N–H and O–H groups in total. The van der Waals surface area contributed by atoms with Crippen LogP contribution < -0.4 is 14.8 Å². The van der Waals surface area contributed by atoms with E-state index in [2.05, 4.69) is 15.4 Å². The molecular weight excluding hydrogens is 400 g/mol. The highest BCUT2D eigenvalue weighted by Crippen LogP contribution is 2.28. The second kappa shape index (κ2) is 8.79. The number of carbonyl (C=O) groups excluding carboxylic acids is 1. The molecule has 0 spiro atoms. The molecule has 4 rings (SSSR count). The molecule has 0 bridgehead atoms. The second-order valence-electron chi connectivity index (χ2n) is 6.27. The molecule has 0 saturated heterocycles. The van der Waals surface area contributed by atoms with Gasteiger partial charge >= 0.3 is 6.01 Å². The third kappa shape index (κ3) is 4.18. The Morgan fingerprint density at radius 3 is 2.67 bits per heavy atom. The van der Waals surface area contributed by atoms with Crippen molar-refractivity contribution in [3.63, 3.8) is 0 Å². The molecule has 2 aromatic heterocycles. The van der Waals surface area contributed by atoms with Crippen molar-refractivity contribution in [2.24, 2.45) is 0 Å². The lowest BCUT2D eigenvalue weighted by Gasteiger charge is -2.08. The highest BCUT2D eigenvalue weighted by atomic mass is 32.1. The lowest BCUT2D eigenvalue weighted by Crippen LogP contribution is -2.12. The number of hydrogen-bond donors (Lipinski definition) is 1. The standard InChI is InChI=1S/C22H20N4O3S/c1-3-29-22-24-20(19-8-5-13-30-19)26(25-22)17-11-9-16(10-12-17)23-21(27)15-6-4-7-18(14-15)28-2/h4-14H,3H2,1-2H3,(H,23,27). The van der Waals surface area contributed by atoms with Gasteiger partial charge in [-0.05, 0) is 60.8 Å². The van der Waals surface area contributed by atoms with Crippen LogP contribution in [0.25, 0.3) is 16.4 Å². The van der Waals surface area contributed by atoms with E-state index in [1.807, 2.05) is 48.7 Å². The number of aromatic nitrogens is 3. The monoisotopic (exact) mass is 420 g/mol. The summed E-state index contributed by atoms with van der Waals surface area (Å²) < 4.78 is 12.4. The molecule has 0 unspecified atom stereocenters. The Balaban J connectivity index is 1.57. The summed E-state index contributed by atoms with van der Waals surface area (Å²) in [6, 6.07) is 18.7. The van der Waals surface area contributed by atoms with E-state index < -0.39 is 0 Å². The summed E-state index contributed by atoms with van der Waals surface area (Å²) in [5.41, 5.74) is 2.02. The molecular formula is C22H20N4O3S. The predicted molar refractivity (Wildman–Crippen MR) is 117 cm³/mol. The fraction of sp³-hybridized carbons (Fsp3) is 0.136. The third-order valence-corrected chi connectivity index (χ3v) is 5.17. The van der Waals surface area contributed by atoms with Crippen molar-refractivity contribution in [2.75, 3.05) is 19.0 Å². The molecule has 0 saturated carbocycles. The number of ether oxygens (including phenoxy) is 2. The van der Waals surface area contributed by atoms with Crippen molar-refractivity contribution in [1.82, 2.24) is 14.8 Å².